The highest BCUT2D eigenvalue weighted by molar-refractivity contribution is 7.25. The lowest BCUT2D eigenvalue weighted by atomic mass is 9.94. The molecule has 0 N–H and O–H groups in total. The van der Waals surface area contributed by atoms with Gasteiger partial charge in [0.05, 0.1) is 55.5 Å². The van der Waals surface area contributed by atoms with E-state index in [-0.39, 0.29) is 0 Å². The van der Waals surface area contributed by atoms with Gasteiger partial charge in [-0.25, -0.2) is 19.9 Å². The first-order chi connectivity index (χ1) is 57.3. The molecule has 544 valence electrons. The number of hydrogen-bond acceptors (Lipinski definition) is 5. The molecule has 7 nitrogen and oxygen atoms in total. The van der Waals surface area contributed by atoms with Gasteiger partial charge in [-0.3, -0.25) is 9.13 Å². The molecule has 116 heavy (non-hydrogen) atoms. The molecule has 23 rings (SSSR count). The van der Waals surface area contributed by atoms with E-state index in [0.717, 1.165) is 99.4 Å². The summed E-state index contributed by atoms with van der Waals surface area (Å²) in [6, 6.07) is 142. The molecule has 0 amide bonds. The number of benzene rings is 17. The Balaban J connectivity index is 0.000000141. The van der Waals surface area contributed by atoms with Gasteiger partial charge in [-0.2, -0.15) is 0 Å². The molecule has 17 aromatic carbocycles. The normalized spacial score (nSPS) is 11.7. The van der Waals surface area contributed by atoms with Crippen LogP contribution < -0.4 is 0 Å². The molecule has 0 spiro atoms. The Morgan fingerprint density at radius 3 is 0.957 bits per heavy atom. The second-order valence-corrected chi connectivity index (χ2v) is 31.3. The predicted octanol–water partition coefficient (Wildman–Crippen LogP) is 28.9. The fourth-order valence-corrected chi connectivity index (χ4v) is 18.7. The number of nitrogens with zero attached hydrogens (tertiary/aromatic N) is 7. The number of hydrogen-bond donors (Lipinski definition) is 0. The summed E-state index contributed by atoms with van der Waals surface area (Å²) in [4.78, 5) is 21.2. The van der Waals surface area contributed by atoms with Crippen molar-refractivity contribution in [3.05, 3.63) is 405 Å². The molecule has 0 saturated carbocycles. The summed E-state index contributed by atoms with van der Waals surface area (Å²) in [6.07, 6.45) is 0. The third-order valence-electron chi connectivity index (χ3n) is 23.0. The quantitative estimate of drug-likeness (QED) is 0.129. The third kappa shape index (κ3) is 11.9. The zero-order valence-corrected chi connectivity index (χ0v) is 64.4. The van der Waals surface area contributed by atoms with Crippen molar-refractivity contribution < 1.29 is 0 Å². The first-order valence-corrected chi connectivity index (χ1v) is 40.3. The van der Waals surface area contributed by atoms with E-state index in [1.807, 2.05) is 11.3 Å². The highest BCUT2D eigenvalue weighted by atomic mass is 32.1. The van der Waals surface area contributed by atoms with Gasteiger partial charge in [-0.1, -0.05) is 278 Å². The van der Waals surface area contributed by atoms with Crippen LogP contribution in [0.4, 0.5) is 0 Å². The lowest BCUT2D eigenvalue weighted by Crippen LogP contribution is -2.03. The summed E-state index contributed by atoms with van der Waals surface area (Å²) in [7, 11) is 0. The van der Waals surface area contributed by atoms with Gasteiger partial charge in [0.25, 0.3) is 0 Å². The molecule has 0 radical (unpaired) electrons. The van der Waals surface area contributed by atoms with Gasteiger partial charge >= 0.3 is 0 Å². The first-order valence-electron chi connectivity index (χ1n) is 39.5. The van der Waals surface area contributed by atoms with Crippen molar-refractivity contribution in [1.82, 2.24) is 33.6 Å². The van der Waals surface area contributed by atoms with Crippen molar-refractivity contribution in [2.45, 2.75) is 13.8 Å². The van der Waals surface area contributed by atoms with Crippen LogP contribution >= 0.6 is 11.3 Å². The molecular weight excluding hydrogens is 1430 g/mol. The number of rotatable bonds is 11. The van der Waals surface area contributed by atoms with E-state index in [0.29, 0.717) is 11.9 Å². The second-order valence-electron chi connectivity index (χ2n) is 30.2. The molecule has 0 atom stereocenters. The Morgan fingerprint density at radius 1 is 0.190 bits per heavy atom. The molecule has 0 unspecified atom stereocenters. The molecule has 0 aliphatic carbocycles. The molecule has 6 aromatic heterocycles. The van der Waals surface area contributed by atoms with Crippen LogP contribution in [0.15, 0.2) is 394 Å². The molecule has 0 aliphatic rings. The van der Waals surface area contributed by atoms with Crippen LogP contribution in [0.5, 0.6) is 0 Å². The van der Waals surface area contributed by atoms with Crippen molar-refractivity contribution in [3.8, 4) is 107 Å². The van der Waals surface area contributed by atoms with Crippen LogP contribution in [0.3, 0.4) is 0 Å². The van der Waals surface area contributed by atoms with E-state index in [4.69, 9.17) is 19.9 Å². The average Bonchev–Trinajstić information content (AvgIpc) is 1.52. The fourth-order valence-electron chi connectivity index (χ4n) is 17.6. The maximum atomic E-state index is 5.49. The van der Waals surface area contributed by atoms with Gasteiger partial charge in [0, 0.05) is 80.1 Å². The van der Waals surface area contributed by atoms with Gasteiger partial charge in [0.2, 0.25) is 11.9 Å². The largest absolute Gasteiger partial charge is 0.309 e. The molecule has 0 aliphatic heterocycles. The fraction of sp³-hybridized carbons (Fsp3) is 0.0185. The SMILES string of the molecule is Cc1cc(C)cc(-c2nc(-n3c4ccccc4c4cc(-c5ccc(-c6ccc7c(c6)c6ccccc6n7-c6ccccc6)cc5)ccc43)nc3ccccc23)c1.c1ccc(-c2cc(-c3ccccc3)cc(-c3nc(-n4c5ccccc5c5cc(-c6ccc(-c7ccc8sc9ccccc9c8c7)cc6)ccc54)nc4ccccc34)c2)cc1. The zero-order chi connectivity index (χ0) is 76.9. The highest BCUT2D eigenvalue weighted by Crippen LogP contribution is 2.44. The Kier molecular flexibility index (Phi) is 16.4. The van der Waals surface area contributed by atoms with Crippen LogP contribution in [0, 0.1) is 13.8 Å². The third-order valence-corrected chi connectivity index (χ3v) is 24.2. The van der Waals surface area contributed by atoms with Crippen molar-refractivity contribution >= 4 is 119 Å². The molecule has 0 bridgehead atoms. The van der Waals surface area contributed by atoms with Gasteiger partial charge in [0.15, 0.2) is 0 Å². The van der Waals surface area contributed by atoms with E-state index in [1.165, 1.54) is 114 Å². The van der Waals surface area contributed by atoms with Crippen LogP contribution in [-0.4, -0.2) is 33.6 Å². The molecule has 6 heterocycles. The van der Waals surface area contributed by atoms with Crippen molar-refractivity contribution in [3.63, 3.8) is 0 Å². The number of aryl methyl sites for hydroxylation is 2. The molecule has 8 heteroatoms. The minimum atomic E-state index is 0.647. The first kappa shape index (κ1) is 67.9. The minimum absolute atomic E-state index is 0.647. The summed E-state index contributed by atoms with van der Waals surface area (Å²) in [5.41, 5.74) is 30.3. The predicted molar refractivity (Wildman–Crippen MR) is 488 cm³/mol. The molecular formula is C108H71N7S. The summed E-state index contributed by atoms with van der Waals surface area (Å²) >= 11 is 1.86. The lowest BCUT2D eigenvalue weighted by Gasteiger charge is -2.14. The van der Waals surface area contributed by atoms with Crippen molar-refractivity contribution in [2.24, 2.45) is 0 Å². The standard InChI is InChI=1S/C56H35N3S.C52H36N4/c1-3-13-36(14-4-1)42-31-43(37-15-5-2-6-16-37)33-44(32-42)55-47-19-7-10-20-50(47)57-56(58-55)59-51-21-11-8-17-45(51)48-34-40(27-29-52(48)59)38-23-25-39(26-24-38)41-28-30-54-49(35-41)46-18-9-12-22-53(46)60-54;1-33-28-34(2)30-39(29-33)51-43-16-6-9-17-46(43)53-52(54-51)56-48-19-11-8-15-42(48)45-32-38(25-27-50(45)56)36-22-20-35(21-23-36)37-24-26-49-44(31-37)41-14-7-10-18-47(41)55(49)40-12-4-3-5-13-40/h1-35H;3-32H,1-2H3. The maximum Gasteiger partial charge on any atom is 0.235 e. The summed E-state index contributed by atoms with van der Waals surface area (Å²) in [5.74, 6) is 1.32. The van der Waals surface area contributed by atoms with Crippen molar-refractivity contribution in [2.75, 3.05) is 0 Å². The Hall–Kier alpha value is -15.0. The van der Waals surface area contributed by atoms with E-state index < -0.39 is 0 Å². The Labute approximate surface area is 673 Å². The van der Waals surface area contributed by atoms with Gasteiger partial charge in [-0.05, 0) is 208 Å². The van der Waals surface area contributed by atoms with E-state index in [2.05, 4.69) is 422 Å². The smallest absolute Gasteiger partial charge is 0.235 e. The van der Waals surface area contributed by atoms with E-state index >= 15 is 0 Å². The van der Waals surface area contributed by atoms with Gasteiger partial charge in [0.1, 0.15) is 0 Å². The van der Waals surface area contributed by atoms with Crippen LogP contribution in [0.1, 0.15) is 11.1 Å². The number of thiophene rings is 1. The maximum absolute atomic E-state index is 5.49. The average molecular weight is 1500 g/mol. The van der Waals surface area contributed by atoms with E-state index in [9.17, 15) is 0 Å². The van der Waals surface area contributed by atoms with Gasteiger partial charge in [-0.15, -0.1) is 11.3 Å². The Bertz CT molecular complexity index is 7750. The summed E-state index contributed by atoms with van der Waals surface area (Å²) in [5, 5.41) is 11.9. The van der Waals surface area contributed by atoms with Crippen molar-refractivity contribution in [1.29, 1.82) is 0 Å². The Morgan fingerprint density at radius 2 is 0.500 bits per heavy atom. The molecule has 0 fully saturated rings. The molecule has 23 aromatic rings. The zero-order valence-electron chi connectivity index (χ0n) is 63.6. The second kappa shape index (κ2) is 28.0. The minimum Gasteiger partial charge on any atom is -0.309 e. The topological polar surface area (TPSA) is 66.3 Å². The monoisotopic (exact) mass is 1500 g/mol. The number of aromatic nitrogens is 7. The summed E-state index contributed by atoms with van der Waals surface area (Å²) in [6.45, 7) is 4.29. The number of fused-ring (bicyclic) bond motifs is 14. The lowest BCUT2D eigenvalue weighted by molar-refractivity contribution is 1.01. The highest BCUT2D eigenvalue weighted by Gasteiger charge is 2.23. The van der Waals surface area contributed by atoms with Crippen LogP contribution in [-0.2, 0) is 0 Å². The summed E-state index contributed by atoms with van der Waals surface area (Å²) < 4.78 is 9.47. The van der Waals surface area contributed by atoms with Crippen LogP contribution in [0.2, 0.25) is 0 Å². The number of para-hydroxylation sites is 6. The molecule has 0 saturated heterocycles. The van der Waals surface area contributed by atoms with Crippen LogP contribution in [0.25, 0.3) is 214 Å². The van der Waals surface area contributed by atoms with E-state index in [1.54, 1.807) is 0 Å². The van der Waals surface area contributed by atoms with Gasteiger partial charge < -0.3 is 4.57 Å².